The van der Waals surface area contributed by atoms with Crippen molar-refractivity contribution in [1.29, 1.82) is 0 Å². The molecule has 0 saturated carbocycles. The summed E-state index contributed by atoms with van der Waals surface area (Å²) in [5.41, 5.74) is 0.538. The van der Waals surface area contributed by atoms with Gasteiger partial charge in [-0.1, -0.05) is 36.7 Å². The Labute approximate surface area is 150 Å². The summed E-state index contributed by atoms with van der Waals surface area (Å²) < 4.78 is 19.2. The normalized spacial score (nSPS) is 11.7. The first kappa shape index (κ1) is 19.0. The van der Waals surface area contributed by atoms with Crippen LogP contribution >= 0.6 is 11.6 Å². The smallest absolute Gasteiger partial charge is 0.319 e. The van der Waals surface area contributed by atoms with Gasteiger partial charge in [0, 0.05) is 17.1 Å². The van der Waals surface area contributed by atoms with Crippen LogP contribution in [0.25, 0.3) is 0 Å². The second kappa shape index (κ2) is 9.25. The van der Waals surface area contributed by atoms with Gasteiger partial charge in [0.15, 0.2) is 0 Å². The standard InChI is InChI=1S/C18H20ClFN2O3/c1-2-9-25-17-8-7-12(19)10-15(17)22-18(24)21-11-16(23)13-5-3-4-6-14(13)20/h3-8,10,16,23H,2,9,11H2,1H3,(H2,21,22,24). The van der Waals surface area contributed by atoms with Crippen molar-refractivity contribution in [3.8, 4) is 5.75 Å². The molecule has 7 heteroatoms. The van der Waals surface area contributed by atoms with Crippen LogP contribution in [0.3, 0.4) is 0 Å². The number of aliphatic hydroxyl groups is 1. The number of nitrogens with one attached hydrogen (secondary N) is 2. The average Bonchev–Trinajstić information content (AvgIpc) is 2.59. The zero-order valence-corrected chi connectivity index (χ0v) is 14.5. The first-order chi connectivity index (χ1) is 12.0. The van der Waals surface area contributed by atoms with Gasteiger partial charge in [0.25, 0.3) is 0 Å². The zero-order chi connectivity index (χ0) is 18.2. The first-order valence-electron chi connectivity index (χ1n) is 7.91. The van der Waals surface area contributed by atoms with Gasteiger partial charge in [-0.2, -0.15) is 0 Å². The number of anilines is 1. The van der Waals surface area contributed by atoms with Crippen molar-refractivity contribution in [2.24, 2.45) is 0 Å². The van der Waals surface area contributed by atoms with Crippen molar-refractivity contribution >= 4 is 23.3 Å². The van der Waals surface area contributed by atoms with Crippen molar-refractivity contribution in [3.05, 3.63) is 58.9 Å². The van der Waals surface area contributed by atoms with Crippen molar-refractivity contribution in [3.63, 3.8) is 0 Å². The third-order valence-electron chi connectivity index (χ3n) is 3.37. The molecule has 0 radical (unpaired) electrons. The summed E-state index contributed by atoms with van der Waals surface area (Å²) in [6.45, 7) is 2.34. The number of carbonyl (C=O) groups is 1. The number of aliphatic hydroxyl groups excluding tert-OH is 1. The van der Waals surface area contributed by atoms with Gasteiger partial charge >= 0.3 is 6.03 Å². The first-order valence-corrected chi connectivity index (χ1v) is 8.28. The predicted molar refractivity (Wildman–Crippen MR) is 95.6 cm³/mol. The summed E-state index contributed by atoms with van der Waals surface area (Å²) in [5.74, 6) is -0.0293. The molecule has 1 atom stereocenters. The van der Waals surface area contributed by atoms with Gasteiger partial charge in [0.05, 0.1) is 18.4 Å². The molecule has 5 nitrogen and oxygen atoms in total. The highest BCUT2D eigenvalue weighted by atomic mass is 35.5. The number of carbonyl (C=O) groups excluding carboxylic acids is 1. The second-order valence-electron chi connectivity index (χ2n) is 5.36. The van der Waals surface area contributed by atoms with Gasteiger partial charge in [-0.25, -0.2) is 9.18 Å². The van der Waals surface area contributed by atoms with E-state index in [0.717, 1.165) is 6.42 Å². The molecule has 0 aromatic heterocycles. The highest BCUT2D eigenvalue weighted by Crippen LogP contribution is 2.28. The van der Waals surface area contributed by atoms with Crippen molar-refractivity contribution < 1.29 is 19.0 Å². The van der Waals surface area contributed by atoms with Crippen LogP contribution in [-0.2, 0) is 0 Å². The molecule has 2 aromatic carbocycles. The molecule has 2 amide bonds. The minimum atomic E-state index is -1.15. The number of ether oxygens (including phenoxy) is 1. The summed E-state index contributed by atoms with van der Waals surface area (Å²) in [7, 11) is 0. The van der Waals surface area contributed by atoms with Crippen LogP contribution in [0, 0.1) is 5.82 Å². The van der Waals surface area contributed by atoms with Gasteiger partial charge in [0.1, 0.15) is 11.6 Å². The van der Waals surface area contributed by atoms with Gasteiger partial charge in [-0.15, -0.1) is 0 Å². The quantitative estimate of drug-likeness (QED) is 0.690. The minimum Gasteiger partial charge on any atom is -0.491 e. The molecule has 2 rings (SSSR count). The van der Waals surface area contributed by atoms with Crippen LogP contribution in [0.15, 0.2) is 42.5 Å². The van der Waals surface area contributed by atoms with E-state index in [1.54, 1.807) is 24.3 Å². The predicted octanol–water partition coefficient (Wildman–Crippen LogP) is 4.12. The van der Waals surface area contributed by atoms with E-state index < -0.39 is 18.0 Å². The van der Waals surface area contributed by atoms with Crippen LogP contribution in [0.5, 0.6) is 5.75 Å². The Hall–Kier alpha value is -2.31. The average molecular weight is 367 g/mol. The van der Waals surface area contributed by atoms with Crippen molar-refractivity contribution in [1.82, 2.24) is 5.32 Å². The zero-order valence-electron chi connectivity index (χ0n) is 13.8. The summed E-state index contributed by atoms with van der Waals surface area (Å²) in [4.78, 5) is 12.0. The number of hydrogen-bond acceptors (Lipinski definition) is 3. The van der Waals surface area contributed by atoms with Crippen LogP contribution in [0.2, 0.25) is 5.02 Å². The molecule has 0 aliphatic rings. The van der Waals surface area contributed by atoms with E-state index in [0.29, 0.717) is 23.1 Å². The lowest BCUT2D eigenvalue weighted by molar-refractivity contribution is 0.170. The van der Waals surface area contributed by atoms with Crippen molar-refractivity contribution in [2.75, 3.05) is 18.5 Å². The molecule has 134 valence electrons. The molecule has 0 saturated heterocycles. The highest BCUT2D eigenvalue weighted by molar-refractivity contribution is 6.31. The summed E-state index contributed by atoms with van der Waals surface area (Å²) in [6, 6.07) is 10.2. The molecule has 25 heavy (non-hydrogen) atoms. The fourth-order valence-corrected chi connectivity index (χ4v) is 2.32. The van der Waals surface area contributed by atoms with Gasteiger partial charge in [-0.05, 0) is 30.7 Å². The maximum atomic E-state index is 13.6. The fraction of sp³-hybridized carbons (Fsp3) is 0.278. The molecule has 0 aliphatic heterocycles. The second-order valence-corrected chi connectivity index (χ2v) is 5.80. The third kappa shape index (κ3) is 5.62. The van der Waals surface area contributed by atoms with Crippen LogP contribution in [0.4, 0.5) is 14.9 Å². The molecular weight excluding hydrogens is 347 g/mol. The number of rotatable bonds is 7. The molecule has 0 spiro atoms. The lowest BCUT2D eigenvalue weighted by Gasteiger charge is -2.15. The van der Waals surface area contributed by atoms with E-state index in [9.17, 15) is 14.3 Å². The molecule has 2 aromatic rings. The topological polar surface area (TPSA) is 70.6 Å². The largest absolute Gasteiger partial charge is 0.491 e. The van der Waals surface area contributed by atoms with E-state index in [1.807, 2.05) is 6.92 Å². The van der Waals surface area contributed by atoms with E-state index in [1.165, 1.54) is 18.2 Å². The molecule has 0 fully saturated rings. The number of hydrogen-bond donors (Lipinski definition) is 3. The number of amides is 2. The Kier molecular flexibility index (Phi) is 7.03. The maximum absolute atomic E-state index is 13.6. The minimum absolute atomic E-state index is 0.123. The SMILES string of the molecule is CCCOc1ccc(Cl)cc1NC(=O)NCC(O)c1ccccc1F. The highest BCUT2D eigenvalue weighted by Gasteiger charge is 2.14. The van der Waals surface area contributed by atoms with E-state index in [4.69, 9.17) is 16.3 Å². The maximum Gasteiger partial charge on any atom is 0.319 e. The Morgan fingerprint density at radius 1 is 1.32 bits per heavy atom. The van der Waals surface area contributed by atoms with Crippen LogP contribution in [-0.4, -0.2) is 24.3 Å². The van der Waals surface area contributed by atoms with Gasteiger partial charge in [-0.3, -0.25) is 0 Å². The molecule has 0 bridgehead atoms. The Balaban J connectivity index is 1.96. The summed E-state index contributed by atoms with van der Waals surface area (Å²) in [6.07, 6.45) is -0.328. The Morgan fingerprint density at radius 2 is 2.08 bits per heavy atom. The Bertz CT molecular complexity index is 727. The summed E-state index contributed by atoms with van der Waals surface area (Å²) >= 11 is 5.95. The third-order valence-corrected chi connectivity index (χ3v) is 3.61. The molecular formula is C18H20ClFN2O3. The molecule has 0 heterocycles. The number of benzene rings is 2. The van der Waals surface area contributed by atoms with Gasteiger partial charge in [0.2, 0.25) is 0 Å². The van der Waals surface area contributed by atoms with E-state index in [2.05, 4.69) is 10.6 Å². The molecule has 0 aliphatic carbocycles. The van der Waals surface area contributed by atoms with E-state index >= 15 is 0 Å². The lowest BCUT2D eigenvalue weighted by Crippen LogP contribution is -2.32. The monoisotopic (exact) mass is 366 g/mol. The number of halogens is 2. The van der Waals surface area contributed by atoms with E-state index in [-0.39, 0.29) is 12.1 Å². The van der Waals surface area contributed by atoms with Gasteiger partial charge < -0.3 is 20.5 Å². The molecule has 1 unspecified atom stereocenters. The van der Waals surface area contributed by atoms with Crippen LogP contribution in [0.1, 0.15) is 25.0 Å². The Morgan fingerprint density at radius 3 is 2.80 bits per heavy atom. The molecule has 3 N–H and O–H groups in total. The van der Waals surface area contributed by atoms with Crippen molar-refractivity contribution in [2.45, 2.75) is 19.4 Å². The van der Waals surface area contributed by atoms with Crippen LogP contribution < -0.4 is 15.4 Å². The lowest BCUT2D eigenvalue weighted by atomic mass is 10.1. The number of urea groups is 1. The fourth-order valence-electron chi connectivity index (χ4n) is 2.15. The summed E-state index contributed by atoms with van der Waals surface area (Å²) in [5, 5.41) is 15.6.